The fourth-order valence-corrected chi connectivity index (χ4v) is 2.70. The van der Waals surface area contributed by atoms with Crippen molar-refractivity contribution < 1.29 is 9.21 Å². The van der Waals surface area contributed by atoms with E-state index in [1.807, 2.05) is 37.5 Å². The van der Waals surface area contributed by atoms with Gasteiger partial charge in [0.2, 0.25) is 5.91 Å². The molecule has 2 atom stereocenters. The number of amides is 1. The van der Waals surface area contributed by atoms with Crippen LogP contribution in [0.25, 0.3) is 0 Å². The Morgan fingerprint density at radius 2 is 2.27 bits per heavy atom. The van der Waals surface area contributed by atoms with Crippen LogP contribution in [-0.4, -0.2) is 10.5 Å². The van der Waals surface area contributed by atoms with Crippen LogP contribution >= 0.6 is 0 Å². The first-order valence-electron chi connectivity index (χ1n) is 7.37. The molecule has 0 aliphatic heterocycles. The maximum atomic E-state index is 12.4. The van der Waals surface area contributed by atoms with Gasteiger partial charge in [-0.2, -0.15) is 5.26 Å². The third-order valence-electron chi connectivity index (χ3n) is 3.96. The second kappa shape index (κ2) is 5.06. The third kappa shape index (κ3) is 2.64. The normalized spacial score (nSPS) is 20.5. The van der Waals surface area contributed by atoms with Gasteiger partial charge in [-0.15, -0.1) is 0 Å². The van der Waals surface area contributed by atoms with Gasteiger partial charge in [0.15, 0.2) is 0 Å². The molecule has 22 heavy (non-hydrogen) atoms. The van der Waals surface area contributed by atoms with Gasteiger partial charge < -0.3 is 14.3 Å². The Labute approximate surface area is 129 Å². The van der Waals surface area contributed by atoms with Crippen molar-refractivity contribution in [3.8, 4) is 6.07 Å². The highest BCUT2D eigenvalue weighted by atomic mass is 16.3. The van der Waals surface area contributed by atoms with Crippen LogP contribution in [0.15, 0.2) is 35.1 Å². The molecule has 2 aromatic heterocycles. The molecule has 0 aromatic carbocycles. The lowest BCUT2D eigenvalue weighted by Gasteiger charge is -2.24. The first kappa shape index (κ1) is 14.5. The number of nitrogens with one attached hydrogen (secondary N) is 1. The van der Waals surface area contributed by atoms with Gasteiger partial charge in [-0.05, 0) is 45.4 Å². The molecule has 114 valence electrons. The van der Waals surface area contributed by atoms with E-state index in [2.05, 4.69) is 11.4 Å². The highest BCUT2D eigenvalue weighted by molar-refractivity contribution is 5.94. The van der Waals surface area contributed by atoms with Crippen LogP contribution in [0.3, 0.4) is 0 Å². The van der Waals surface area contributed by atoms with Crippen LogP contribution in [0.5, 0.6) is 0 Å². The van der Waals surface area contributed by atoms with E-state index in [1.165, 1.54) is 0 Å². The summed E-state index contributed by atoms with van der Waals surface area (Å²) >= 11 is 0. The molecule has 0 unspecified atom stereocenters. The zero-order chi connectivity index (χ0) is 15.9. The average molecular weight is 297 g/mol. The van der Waals surface area contributed by atoms with E-state index in [1.54, 1.807) is 18.5 Å². The first-order chi connectivity index (χ1) is 10.4. The van der Waals surface area contributed by atoms with Crippen LogP contribution in [0, 0.1) is 17.2 Å². The van der Waals surface area contributed by atoms with Gasteiger partial charge in [-0.25, -0.2) is 0 Å². The molecule has 1 N–H and O–H groups in total. The average Bonchev–Trinajstić information content (AvgIpc) is 2.88. The Hall–Kier alpha value is -2.48. The van der Waals surface area contributed by atoms with Gasteiger partial charge in [0.05, 0.1) is 11.8 Å². The molecular weight excluding hydrogens is 278 g/mol. The van der Waals surface area contributed by atoms with Crippen molar-refractivity contribution in [2.24, 2.45) is 5.92 Å². The Balaban J connectivity index is 1.75. The number of carbonyl (C=O) groups excluding carboxylic acids is 1. The lowest BCUT2D eigenvalue weighted by Crippen LogP contribution is -2.25. The molecule has 3 rings (SSSR count). The Morgan fingerprint density at radius 3 is 2.86 bits per heavy atom. The summed E-state index contributed by atoms with van der Waals surface area (Å²) in [6.07, 6.45) is 4.21. The van der Waals surface area contributed by atoms with E-state index >= 15 is 0 Å². The van der Waals surface area contributed by atoms with Crippen molar-refractivity contribution in [1.29, 1.82) is 5.26 Å². The van der Waals surface area contributed by atoms with E-state index in [0.29, 0.717) is 11.4 Å². The van der Waals surface area contributed by atoms with E-state index < -0.39 is 0 Å². The van der Waals surface area contributed by atoms with Gasteiger partial charge in [-0.1, -0.05) is 0 Å². The largest absolute Gasteiger partial charge is 0.469 e. The summed E-state index contributed by atoms with van der Waals surface area (Å²) in [4.78, 5) is 12.4. The SMILES string of the molecule is CC(C)(C)n1cc(C#N)cc1NC(=O)[C@@H]1C[C@H]1c1ccco1. The molecule has 5 heteroatoms. The van der Waals surface area contributed by atoms with Crippen molar-refractivity contribution in [1.82, 2.24) is 4.57 Å². The highest BCUT2D eigenvalue weighted by Gasteiger charge is 2.46. The smallest absolute Gasteiger partial charge is 0.229 e. The minimum absolute atomic E-state index is 0.0190. The Morgan fingerprint density at radius 1 is 1.50 bits per heavy atom. The van der Waals surface area contributed by atoms with Crippen LogP contribution in [0.1, 0.15) is 44.4 Å². The lowest BCUT2D eigenvalue weighted by atomic mass is 10.1. The predicted molar refractivity (Wildman–Crippen MR) is 82.3 cm³/mol. The summed E-state index contributed by atoms with van der Waals surface area (Å²) in [5.41, 5.74) is 0.338. The summed E-state index contributed by atoms with van der Waals surface area (Å²) < 4.78 is 7.28. The number of nitrogens with zero attached hydrogens (tertiary/aromatic N) is 2. The molecule has 1 amide bonds. The molecule has 1 aliphatic carbocycles. The second-order valence-corrected chi connectivity index (χ2v) is 6.72. The summed E-state index contributed by atoms with van der Waals surface area (Å²) in [5.74, 6) is 1.63. The minimum atomic E-state index is -0.207. The predicted octanol–water partition coefficient (Wildman–Crippen LogP) is 3.45. The van der Waals surface area contributed by atoms with Gasteiger partial charge >= 0.3 is 0 Å². The number of nitriles is 1. The zero-order valence-electron chi connectivity index (χ0n) is 13.0. The van der Waals surface area contributed by atoms with Crippen LogP contribution in [0.4, 0.5) is 5.82 Å². The van der Waals surface area contributed by atoms with Gasteiger partial charge in [0.1, 0.15) is 17.6 Å². The van der Waals surface area contributed by atoms with Crippen LogP contribution in [-0.2, 0) is 10.3 Å². The first-order valence-corrected chi connectivity index (χ1v) is 7.37. The monoisotopic (exact) mass is 297 g/mol. The van der Waals surface area contributed by atoms with Gasteiger partial charge in [-0.3, -0.25) is 4.79 Å². The Kier molecular flexibility index (Phi) is 3.32. The summed E-state index contributed by atoms with van der Waals surface area (Å²) in [6, 6.07) is 7.58. The van der Waals surface area contributed by atoms with Crippen molar-refractivity contribution in [2.45, 2.75) is 38.6 Å². The number of hydrogen-bond acceptors (Lipinski definition) is 3. The van der Waals surface area contributed by atoms with E-state index in [-0.39, 0.29) is 23.3 Å². The molecule has 0 saturated heterocycles. The van der Waals surface area contributed by atoms with Gasteiger partial charge in [0.25, 0.3) is 0 Å². The third-order valence-corrected chi connectivity index (χ3v) is 3.96. The summed E-state index contributed by atoms with van der Waals surface area (Å²) in [5, 5.41) is 12.0. The van der Waals surface area contributed by atoms with E-state index in [9.17, 15) is 4.79 Å². The topological polar surface area (TPSA) is 71.0 Å². The molecule has 1 fully saturated rings. The van der Waals surface area contributed by atoms with Crippen LogP contribution < -0.4 is 5.32 Å². The van der Waals surface area contributed by atoms with E-state index in [0.717, 1.165) is 12.2 Å². The number of rotatable bonds is 3. The minimum Gasteiger partial charge on any atom is -0.469 e. The molecular formula is C17H19N3O2. The Bertz CT molecular complexity index is 729. The molecule has 0 bridgehead atoms. The second-order valence-electron chi connectivity index (χ2n) is 6.72. The standard InChI is InChI=1S/C17H19N3O2/c1-17(2,3)20-10-11(9-18)7-15(20)19-16(21)13-8-12(13)14-5-4-6-22-14/h4-7,10,12-13H,8H2,1-3H3,(H,19,21)/t12-,13-/m1/s1. The number of aromatic nitrogens is 1. The molecule has 1 aliphatic rings. The quantitative estimate of drug-likeness (QED) is 0.943. The maximum absolute atomic E-state index is 12.4. The molecule has 0 radical (unpaired) electrons. The van der Waals surface area contributed by atoms with Gasteiger partial charge in [0, 0.05) is 23.6 Å². The zero-order valence-corrected chi connectivity index (χ0v) is 13.0. The molecule has 2 heterocycles. The number of carbonyl (C=O) groups is 1. The fourth-order valence-electron chi connectivity index (χ4n) is 2.70. The molecule has 0 spiro atoms. The maximum Gasteiger partial charge on any atom is 0.229 e. The lowest BCUT2D eigenvalue weighted by molar-refractivity contribution is -0.117. The number of anilines is 1. The molecule has 2 aromatic rings. The van der Waals surface area contributed by atoms with Crippen molar-refractivity contribution in [3.05, 3.63) is 42.0 Å². The summed E-state index contributed by atoms with van der Waals surface area (Å²) in [6.45, 7) is 6.10. The van der Waals surface area contributed by atoms with Crippen LogP contribution in [0.2, 0.25) is 0 Å². The number of furan rings is 1. The van der Waals surface area contributed by atoms with Crippen molar-refractivity contribution in [2.75, 3.05) is 5.32 Å². The molecule has 5 nitrogen and oxygen atoms in total. The fraction of sp³-hybridized carbons (Fsp3) is 0.412. The molecule has 1 saturated carbocycles. The highest BCUT2D eigenvalue weighted by Crippen LogP contribution is 2.48. The van der Waals surface area contributed by atoms with Crippen molar-refractivity contribution in [3.63, 3.8) is 0 Å². The summed E-state index contributed by atoms with van der Waals surface area (Å²) in [7, 11) is 0. The van der Waals surface area contributed by atoms with Crippen molar-refractivity contribution >= 4 is 11.7 Å². The van der Waals surface area contributed by atoms with E-state index in [4.69, 9.17) is 9.68 Å². The number of hydrogen-bond donors (Lipinski definition) is 1.